The summed E-state index contributed by atoms with van der Waals surface area (Å²) in [7, 11) is -4.43. The first-order chi connectivity index (χ1) is 8.91. The fourth-order valence-corrected chi connectivity index (χ4v) is 2.47. The van der Waals surface area contributed by atoms with Gasteiger partial charge in [0.05, 0.1) is 0 Å². The number of hydrogen-bond donors (Lipinski definition) is 0. The highest BCUT2D eigenvalue weighted by Gasteiger charge is 1.94. The summed E-state index contributed by atoms with van der Waals surface area (Å²) in [5, 5.41) is 4.68. The SMILES string of the molecule is CC(=C=S(=O)=O)CCCCCCCC(C)=C=S(=O)=O. The van der Waals surface area contributed by atoms with E-state index in [2.05, 4.69) is 10.0 Å². The van der Waals surface area contributed by atoms with E-state index >= 15 is 0 Å². The third-order valence-corrected chi connectivity index (χ3v) is 3.65. The van der Waals surface area contributed by atoms with Gasteiger partial charge in [-0.15, -0.1) is 0 Å². The predicted octanol–water partition coefficient (Wildman–Crippen LogP) is 2.17. The van der Waals surface area contributed by atoms with Gasteiger partial charge in [0.15, 0.2) is 0 Å². The van der Waals surface area contributed by atoms with Gasteiger partial charge < -0.3 is 0 Å². The van der Waals surface area contributed by atoms with Gasteiger partial charge in [0.1, 0.15) is 0 Å². The summed E-state index contributed by atoms with van der Waals surface area (Å²) in [6.07, 6.45) is 6.60. The Morgan fingerprint density at radius 2 is 1.00 bits per heavy atom. The summed E-state index contributed by atoms with van der Waals surface area (Å²) in [5.74, 6) is 0. The van der Waals surface area contributed by atoms with Crippen LogP contribution in [0.1, 0.15) is 58.8 Å². The third kappa shape index (κ3) is 13.2. The smallest absolute Gasteiger partial charge is 0.176 e. The molecule has 0 aliphatic rings. The molecular formula is C13H20O4S2. The summed E-state index contributed by atoms with van der Waals surface area (Å²) in [4.78, 5) is 0. The van der Waals surface area contributed by atoms with E-state index in [0.717, 1.165) is 56.1 Å². The average Bonchev–Trinajstić information content (AvgIpc) is 2.25. The highest BCUT2D eigenvalue weighted by molar-refractivity contribution is 7.71. The van der Waals surface area contributed by atoms with Gasteiger partial charge in [0.25, 0.3) is 20.6 Å². The van der Waals surface area contributed by atoms with Crippen molar-refractivity contribution in [3.8, 4) is 0 Å². The molecule has 0 saturated heterocycles. The fraction of sp³-hybridized carbons (Fsp3) is 0.692. The Bertz CT molecular complexity index is 540. The summed E-state index contributed by atoms with van der Waals surface area (Å²) < 4.78 is 41.4. The Kier molecular flexibility index (Phi) is 10.2. The highest BCUT2D eigenvalue weighted by Crippen LogP contribution is 2.11. The molecule has 0 fully saturated rings. The summed E-state index contributed by atoms with van der Waals surface area (Å²) >= 11 is 0. The van der Waals surface area contributed by atoms with Gasteiger partial charge in [-0.2, -0.15) is 16.8 Å². The second-order valence-corrected chi connectivity index (χ2v) is 5.85. The zero-order chi connectivity index (χ0) is 14.7. The van der Waals surface area contributed by atoms with Crippen LogP contribution in [0, 0.1) is 0 Å². The molecule has 0 rings (SSSR count). The lowest BCUT2D eigenvalue weighted by Gasteiger charge is -2.00. The molecule has 0 aliphatic heterocycles. The largest absolute Gasteiger partial charge is 0.260 e. The zero-order valence-electron chi connectivity index (χ0n) is 11.4. The van der Waals surface area contributed by atoms with Crippen LogP contribution in [0.5, 0.6) is 0 Å². The lowest BCUT2D eigenvalue weighted by molar-refractivity contribution is 0.613. The van der Waals surface area contributed by atoms with Crippen molar-refractivity contribution in [2.45, 2.75) is 58.8 Å². The van der Waals surface area contributed by atoms with Gasteiger partial charge in [-0.3, -0.25) is 0 Å². The Morgan fingerprint density at radius 3 is 1.32 bits per heavy atom. The van der Waals surface area contributed by atoms with Crippen molar-refractivity contribution in [2.75, 3.05) is 0 Å². The summed E-state index contributed by atoms with van der Waals surface area (Å²) in [6.45, 7) is 3.53. The van der Waals surface area contributed by atoms with E-state index < -0.39 is 20.6 Å². The zero-order valence-corrected chi connectivity index (χ0v) is 13.0. The van der Waals surface area contributed by atoms with Crippen molar-refractivity contribution in [3.63, 3.8) is 0 Å². The molecule has 0 saturated carbocycles. The Labute approximate surface area is 117 Å². The maximum Gasteiger partial charge on any atom is 0.260 e. The molecular weight excluding hydrogens is 284 g/mol. The molecule has 0 aromatic carbocycles. The molecule has 0 aromatic heterocycles. The summed E-state index contributed by atoms with van der Waals surface area (Å²) in [5.41, 5.74) is 1.53. The van der Waals surface area contributed by atoms with Crippen molar-refractivity contribution >= 4 is 30.6 Å². The van der Waals surface area contributed by atoms with E-state index in [1.165, 1.54) is 0 Å². The molecule has 6 heteroatoms. The molecule has 0 aliphatic carbocycles. The molecule has 0 amide bonds. The average molecular weight is 304 g/mol. The van der Waals surface area contributed by atoms with Gasteiger partial charge in [0, 0.05) is 10.0 Å². The Hall–Kier alpha value is -1.06. The van der Waals surface area contributed by atoms with Crippen molar-refractivity contribution < 1.29 is 16.8 Å². The highest BCUT2D eigenvalue weighted by atomic mass is 32.2. The minimum atomic E-state index is -2.21. The molecule has 0 heterocycles. The molecule has 0 spiro atoms. The number of rotatable bonds is 8. The molecule has 4 nitrogen and oxygen atoms in total. The van der Waals surface area contributed by atoms with Crippen LogP contribution in [0.15, 0.2) is 11.1 Å². The molecule has 0 unspecified atom stereocenters. The van der Waals surface area contributed by atoms with Crippen molar-refractivity contribution in [2.24, 2.45) is 0 Å². The van der Waals surface area contributed by atoms with E-state index in [1.807, 2.05) is 0 Å². The number of unbranched alkanes of at least 4 members (excludes halogenated alkanes) is 4. The number of allylic oxidation sites excluding steroid dienone is 2. The molecule has 0 N–H and O–H groups in total. The van der Waals surface area contributed by atoms with Gasteiger partial charge in [-0.1, -0.05) is 19.3 Å². The van der Waals surface area contributed by atoms with Crippen molar-refractivity contribution in [1.29, 1.82) is 0 Å². The third-order valence-electron chi connectivity index (χ3n) is 2.62. The molecule has 0 aromatic rings. The first-order valence-corrected chi connectivity index (χ1v) is 8.43. The number of hydrogen-bond acceptors (Lipinski definition) is 4. The second kappa shape index (κ2) is 10.8. The van der Waals surface area contributed by atoms with Gasteiger partial charge >= 0.3 is 0 Å². The van der Waals surface area contributed by atoms with Crippen LogP contribution in [-0.4, -0.2) is 26.9 Å². The lowest BCUT2D eigenvalue weighted by atomic mass is 10.1. The molecule has 19 heavy (non-hydrogen) atoms. The first-order valence-electron chi connectivity index (χ1n) is 6.28. The van der Waals surface area contributed by atoms with Crippen LogP contribution in [0.3, 0.4) is 0 Å². The van der Waals surface area contributed by atoms with Gasteiger partial charge in [-0.25, -0.2) is 0 Å². The van der Waals surface area contributed by atoms with Crippen LogP contribution < -0.4 is 0 Å². The predicted molar refractivity (Wildman–Crippen MR) is 78.5 cm³/mol. The van der Waals surface area contributed by atoms with Crippen molar-refractivity contribution in [1.82, 2.24) is 0 Å². The van der Waals surface area contributed by atoms with Crippen molar-refractivity contribution in [3.05, 3.63) is 11.1 Å². The van der Waals surface area contributed by atoms with Crippen LogP contribution in [0.2, 0.25) is 0 Å². The Balaban J connectivity index is 3.74. The van der Waals surface area contributed by atoms with Crippen LogP contribution in [-0.2, 0) is 20.6 Å². The van der Waals surface area contributed by atoms with E-state index in [1.54, 1.807) is 13.8 Å². The van der Waals surface area contributed by atoms with Gasteiger partial charge in [0.2, 0.25) is 0 Å². The van der Waals surface area contributed by atoms with E-state index in [9.17, 15) is 16.8 Å². The topological polar surface area (TPSA) is 68.3 Å². The normalized spacial score (nSPS) is 9.37. The maximum absolute atomic E-state index is 10.3. The van der Waals surface area contributed by atoms with Crippen LogP contribution in [0.4, 0.5) is 0 Å². The van der Waals surface area contributed by atoms with E-state index in [4.69, 9.17) is 0 Å². The van der Waals surface area contributed by atoms with E-state index in [-0.39, 0.29) is 0 Å². The monoisotopic (exact) mass is 304 g/mol. The summed E-state index contributed by atoms with van der Waals surface area (Å²) in [6, 6.07) is 0. The second-order valence-electron chi connectivity index (χ2n) is 4.50. The molecule has 108 valence electrons. The quantitative estimate of drug-likeness (QED) is 0.509. The van der Waals surface area contributed by atoms with Gasteiger partial charge in [-0.05, 0) is 50.7 Å². The van der Waals surface area contributed by atoms with E-state index in [0.29, 0.717) is 0 Å². The fourth-order valence-electron chi connectivity index (χ4n) is 1.70. The molecule has 0 bridgehead atoms. The maximum atomic E-state index is 10.3. The lowest BCUT2D eigenvalue weighted by Crippen LogP contribution is -1.84. The first kappa shape index (κ1) is 17.9. The molecule has 0 radical (unpaired) electrons. The molecule has 0 atom stereocenters. The minimum Gasteiger partial charge on any atom is -0.176 e. The minimum absolute atomic E-state index is 0.760. The van der Waals surface area contributed by atoms with Crippen LogP contribution >= 0.6 is 0 Å². The standard InChI is InChI=1S/C13H20O4S2/c1-12(10-18(14)15)8-6-4-3-5-7-9-13(2)11-19(16)17/h3-9H2,1-2H3. The Morgan fingerprint density at radius 1 is 0.684 bits per heavy atom. The van der Waals surface area contributed by atoms with Crippen LogP contribution in [0.25, 0.3) is 0 Å².